The van der Waals surface area contributed by atoms with E-state index in [2.05, 4.69) is 0 Å². The standard InChI is InChI=1S/C6H9O/c1-3-6(2)4-5-7/h3-5H,1-2H3/b5-4+,6-3+. The van der Waals surface area contributed by atoms with Crippen LogP contribution in [0.5, 0.6) is 0 Å². The zero-order valence-corrected chi connectivity index (χ0v) is 4.64. The first-order chi connectivity index (χ1) is 3.31. The summed E-state index contributed by atoms with van der Waals surface area (Å²) >= 11 is 0. The van der Waals surface area contributed by atoms with Crippen molar-refractivity contribution in [3.05, 3.63) is 24.0 Å². The van der Waals surface area contributed by atoms with Gasteiger partial charge in [-0.15, -0.1) is 0 Å². The van der Waals surface area contributed by atoms with E-state index < -0.39 is 0 Å². The molecule has 0 aromatic heterocycles. The summed E-state index contributed by atoms with van der Waals surface area (Å²) in [6, 6.07) is 0. The molecule has 0 amide bonds. The number of allylic oxidation sites excluding steroid dienone is 3. The smallest absolute Gasteiger partial charge is 0.143 e. The van der Waals surface area contributed by atoms with Crippen molar-refractivity contribution < 1.29 is 5.11 Å². The average molecular weight is 97.1 g/mol. The summed E-state index contributed by atoms with van der Waals surface area (Å²) in [5.74, 6) is 0. The highest BCUT2D eigenvalue weighted by Gasteiger charge is 1.72. The third-order valence-corrected chi connectivity index (χ3v) is 0.786. The van der Waals surface area contributed by atoms with Gasteiger partial charge in [0, 0.05) is 0 Å². The van der Waals surface area contributed by atoms with Gasteiger partial charge in [0.15, 0.2) is 0 Å². The maximum Gasteiger partial charge on any atom is 0.143 e. The minimum absolute atomic E-state index is 0.787. The fourth-order valence-corrected chi connectivity index (χ4v) is 0.204. The molecule has 0 heterocycles. The molecule has 1 nitrogen and oxygen atoms in total. The zero-order chi connectivity index (χ0) is 5.70. The van der Waals surface area contributed by atoms with Gasteiger partial charge in [0.1, 0.15) is 6.26 Å². The van der Waals surface area contributed by atoms with Crippen LogP contribution in [0, 0.1) is 0 Å². The van der Waals surface area contributed by atoms with Crippen molar-refractivity contribution in [3.8, 4) is 0 Å². The Kier molecular flexibility index (Phi) is 3.11. The minimum Gasteiger partial charge on any atom is -0.299 e. The second-order valence-electron chi connectivity index (χ2n) is 1.34. The second-order valence-corrected chi connectivity index (χ2v) is 1.34. The van der Waals surface area contributed by atoms with E-state index in [9.17, 15) is 5.11 Å². The molecule has 0 fully saturated rings. The normalized spacial score (nSPS) is 13.1. The minimum atomic E-state index is 0.787. The fourth-order valence-electron chi connectivity index (χ4n) is 0.204. The Morgan fingerprint density at radius 2 is 2.14 bits per heavy atom. The van der Waals surface area contributed by atoms with Crippen molar-refractivity contribution in [1.29, 1.82) is 0 Å². The molecule has 1 heteroatoms. The van der Waals surface area contributed by atoms with Crippen LogP contribution in [0.4, 0.5) is 0 Å². The topological polar surface area (TPSA) is 19.9 Å². The summed E-state index contributed by atoms with van der Waals surface area (Å²) < 4.78 is 0. The SMILES string of the molecule is C/C=C(C)/C=C/[O]. The van der Waals surface area contributed by atoms with Crippen molar-refractivity contribution in [3.63, 3.8) is 0 Å². The van der Waals surface area contributed by atoms with Crippen LogP contribution in [-0.2, 0) is 5.11 Å². The molecule has 1 radical (unpaired) electrons. The second kappa shape index (κ2) is 3.47. The number of rotatable bonds is 1. The van der Waals surface area contributed by atoms with E-state index in [1.165, 1.54) is 6.08 Å². The summed E-state index contributed by atoms with van der Waals surface area (Å²) in [5, 5.41) is 9.68. The first kappa shape index (κ1) is 6.28. The maximum absolute atomic E-state index is 9.68. The fraction of sp³-hybridized carbons (Fsp3) is 0.333. The van der Waals surface area contributed by atoms with Crippen LogP contribution in [0.1, 0.15) is 13.8 Å². The van der Waals surface area contributed by atoms with Crippen LogP contribution in [0.2, 0.25) is 0 Å². The number of hydrogen-bond donors (Lipinski definition) is 0. The molecule has 0 aromatic rings. The summed E-state index contributed by atoms with van der Waals surface area (Å²) in [5.41, 5.74) is 1.01. The Hall–Kier alpha value is -0.720. The molecule has 0 N–H and O–H groups in total. The van der Waals surface area contributed by atoms with Gasteiger partial charge in [-0.1, -0.05) is 11.6 Å². The van der Waals surface area contributed by atoms with Gasteiger partial charge in [-0.2, -0.15) is 0 Å². The lowest BCUT2D eigenvalue weighted by molar-refractivity contribution is 0.351. The zero-order valence-electron chi connectivity index (χ0n) is 4.64. The van der Waals surface area contributed by atoms with Crippen LogP contribution in [0.3, 0.4) is 0 Å². The summed E-state index contributed by atoms with van der Waals surface area (Å²) in [4.78, 5) is 0. The molecule has 0 saturated heterocycles. The van der Waals surface area contributed by atoms with E-state index in [1.54, 1.807) is 0 Å². The van der Waals surface area contributed by atoms with Crippen LogP contribution in [-0.4, -0.2) is 0 Å². The molecule has 0 atom stereocenters. The van der Waals surface area contributed by atoms with E-state index in [-0.39, 0.29) is 0 Å². The molecule has 0 saturated carbocycles. The molecule has 0 aliphatic carbocycles. The maximum atomic E-state index is 9.68. The largest absolute Gasteiger partial charge is 0.299 e. The average Bonchev–Trinajstić information content (AvgIpc) is 1.68. The molecule has 0 aliphatic heterocycles. The lowest BCUT2D eigenvalue weighted by atomic mass is 10.3. The van der Waals surface area contributed by atoms with Crippen LogP contribution < -0.4 is 0 Å². The highest BCUT2D eigenvalue weighted by Crippen LogP contribution is 1.90. The van der Waals surface area contributed by atoms with Crippen molar-refractivity contribution in [1.82, 2.24) is 0 Å². The molecule has 0 rings (SSSR count). The first-order valence-electron chi connectivity index (χ1n) is 2.22. The summed E-state index contributed by atoms with van der Waals surface area (Å²) in [7, 11) is 0. The van der Waals surface area contributed by atoms with Crippen molar-refractivity contribution in [2.45, 2.75) is 13.8 Å². The Morgan fingerprint density at radius 1 is 1.57 bits per heavy atom. The molecular weight excluding hydrogens is 88.1 g/mol. The lowest BCUT2D eigenvalue weighted by Gasteiger charge is -1.79. The molecular formula is C6H9O. The molecule has 39 valence electrons. The molecule has 0 aliphatic rings. The van der Waals surface area contributed by atoms with Crippen molar-refractivity contribution in [2.24, 2.45) is 0 Å². The summed E-state index contributed by atoms with van der Waals surface area (Å²) in [6.45, 7) is 3.78. The molecule has 7 heavy (non-hydrogen) atoms. The Bertz CT molecular complexity index is 90.4. The first-order valence-corrected chi connectivity index (χ1v) is 2.22. The third kappa shape index (κ3) is 3.10. The Morgan fingerprint density at radius 3 is 2.29 bits per heavy atom. The van der Waals surface area contributed by atoms with E-state index >= 15 is 0 Å². The summed E-state index contributed by atoms with van der Waals surface area (Å²) in [6.07, 6.45) is 4.20. The van der Waals surface area contributed by atoms with Gasteiger partial charge in [0.25, 0.3) is 0 Å². The van der Waals surface area contributed by atoms with Crippen molar-refractivity contribution in [2.75, 3.05) is 0 Å². The Labute approximate surface area is 44.0 Å². The third-order valence-electron chi connectivity index (χ3n) is 0.786. The predicted octanol–water partition coefficient (Wildman–Crippen LogP) is 1.90. The van der Waals surface area contributed by atoms with Gasteiger partial charge >= 0.3 is 0 Å². The highest BCUT2D eigenvalue weighted by molar-refractivity contribution is 5.12. The predicted molar refractivity (Wildman–Crippen MR) is 29.3 cm³/mol. The van der Waals surface area contributed by atoms with Gasteiger partial charge < -0.3 is 0 Å². The van der Waals surface area contributed by atoms with Gasteiger partial charge in [-0.05, 0) is 19.9 Å². The van der Waals surface area contributed by atoms with Crippen LogP contribution in [0.15, 0.2) is 24.0 Å². The number of hydrogen-bond acceptors (Lipinski definition) is 0. The van der Waals surface area contributed by atoms with E-state index in [0.29, 0.717) is 0 Å². The van der Waals surface area contributed by atoms with Gasteiger partial charge in [-0.3, -0.25) is 5.11 Å². The molecule has 0 unspecified atom stereocenters. The van der Waals surface area contributed by atoms with Gasteiger partial charge in [0.05, 0.1) is 0 Å². The van der Waals surface area contributed by atoms with Gasteiger partial charge in [-0.25, -0.2) is 0 Å². The lowest BCUT2D eigenvalue weighted by Crippen LogP contribution is -1.60. The molecule has 0 aromatic carbocycles. The van der Waals surface area contributed by atoms with Gasteiger partial charge in [0.2, 0.25) is 0 Å². The Balaban J connectivity index is 3.58. The molecule has 0 spiro atoms. The van der Waals surface area contributed by atoms with E-state index in [4.69, 9.17) is 0 Å². The van der Waals surface area contributed by atoms with E-state index in [0.717, 1.165) is 11.8 Å². The quantitative estimate of drug-likeness (QED) is 0.352. The van der Waals surface area contributed by atoms with E-state index in [1.807, 2.05) is 19.9 Å². The highest BCUT2D eigenvalue weighted by atomic mass is 16.2. The molecule has 0 bridgehead atoms. The van der Waals surface area contributed by atoms with Crippen LogP contribution >= 0.6 is 0 Å². The van der Waals surface area contributed by atoms with Crippen LogP contribution in [0.25, 0.3) is 0 Å². The monoisotopic (exact) mass is 97.1 g/mol. The van der Waals surface area contributed by atoms with Crippen molar-refractivity contribution >= 4 is 0 Å².